The van der Waals surface area contributed by atoms with Crippen LogP contribution in [-0.2, 0) is 12.7 Å². The number of rotatable bonds is 3. The molecule has 0 spiro atoms. The standard InChI is InChI=1S/C26H25F3N6OS/c1-24(2)9-3-10-25(36,14-24)11-8-19-33-21(30)20-22(34-19)35(15-31-20)12-18-13-37-23(32-18)16-4-6-17(7-5-16)26(27,28)29/h4-7,13,15,36H,3,9-10,12,14H2,1-2H3,(H2,30,33,34)/t25-/m1/s1. The van der Waals surface area contributed by atoms with Gasteiger partial charge in [-0.15, -0.1) is 11.3 Å². The first kappa shape index (κ1) is 25.2. The lowest BCUT2D eigenvalue weighted by Gasteiger charge is -2.38. The Balaban J connectivity index is 1.39. The second kappa shape index (κ2) is 9.11. The van der Waals surface area contributed by atoms with Gasteiger partial charge in [0.1, 0.15) is 16.1 Å². The van der Waals surface area contributed by atoms with Gasteiger partial charge >= 0.3 is 6.18 Å². The smallest absolute Gasteiger partial charge is 0.382 e. The van der Waals surface area contributed by atoms with Crippen molar-refractivity contribution in [3.8, 4) is 22.4 Å². The minimum Gasteiger partial charge on any atom is -0.382 e. The van der Waals surface area contributed by atoms with Gasteiger partial charge in [0.2, 0.25) is 5.82 Å². The molecule has 3 N–H and O–H groups in total. The first-order valence-electron chi connectivity index (χ1n) is 11.8. The number of aliphatic hydroxyl groups is 1. The summed E-state index contributed by atoms with van der Waals surface area (Å²) in [7, 11) is 0. The molecule has 0 aliphatic heterocycles. The van der Waals surface area contributed by atoms with Crippen LogP contribution in [0.5, 0.6) is 0 Å². The number of aromatic nitrogens is 5. The van der Waals surface area contributed by atoms with Crippen LogP contribution >= 0.6 is 11.3 Å². The number of anilines is 1. The molecule has 37 heavy (non-hydrogen) atoms. The summed E-state index contributed by atoms with van der Waals surface area (Å²) < 4.78 is 40.3. The molecular weight excluding hydrogens is 501 g/mol. The van der Waals surface area contributed by atoms with Crippen LogP contribution in [-0.4, -0.2) is 35.2 Å². The summed E-state index contributed by atoms with van der Waals surface area (Å²) in [5.41, 5.74) is 6.55. The molecule has 0 radical (unpaired) electrons. The second-order valence-corrected chi connectivity index (χ2v) is 11.0. The van der Waals surface area contributed by atoms with Crippen LogP contribution in [0.15, 0.2) is 36.0 Å². The highest BCUT2D eigenvalue weighted by Gasteiger charge is 2.37. The van der Waals surface area contributed by atoms with Gasteiger partial charge < -0.3 is 15.4 Å². The molecule has 0 bridgehead atoms. The van der Waals surface area contributed by atoms with E-state index in [4.69, 9.17) is 5.73 Å². The zero-order valence-corrected chi connectivity index (χ0v) is 21.1. The van der Waals surface area contributed by atoms with Crippen molar-refractivity contribution in [1.29, 1.82) is 0 Å². The van der Waals surface area contributed by atoms with Crippen LogP contribution in [0.3, 0.4) is 0 Å². The molecule has 1 aromatic carbocycles. The van der Waals surface area contributed by atoms with Crippen LogP contribution in [0.25, 0.3) is 21.7 Å². The van der Waals surface area contributed by atoms with E-state index in [9.17, 15) is 18.3 Å². The number of hydrogen-bond acceptors (Lipinski definition) is 7. The van der Waals surface area contributed by atoms with E-state index in [-0.39, 0.29) is 17.1 Å². The van der Waals surface area contributed by atoms with Gasteiger partial charge in [0.25, 0.3) is 0 Å². The summed E-state index contributed by atoms with van der Waals surface area (Å²) in [5.74, 6) is 6.27. The number of nitrogens with zero attached hydrogens (tertiary/aromatic N) is 5. The molecule has 192 valence electrons. The number of benzene rings is 1. The fourth-order valence-corrected chi connectivity index (χ4v) is 5.55. The summed E-state index contributed by atoms with van der Waals surface area (Å²) in [6.45, 7) is 4.58. The zero-order chi connectivity index (χ0) is 26.4. The van der Waals surface area contributed by atoms with Gasteiger partial charge in [-0.1, -0.05) is 31.9 Å². The van der Waals surface area contributed by atoms with Gasteiger partial charge in [-0.3, -0.25) is 0 Å². The highest BCUT2D eigenvalue weighted by molar-refractivity contribution is 7.13. The molecule has 4 aromatic rings. The Hall–Kier alpha value is -3.49. The highest BCUT2D eigenvalue weighted by Crippen LogP contribution is 2.40. The van der Waals surface area contributed by atoms with E-state index in [1.54, 1.807) is 10.9 Å². The molecule has 0 unspecified atom stereocenters. The molecule has 3 aromatic heterocycles. The van der Waals surface area contributed by atoms with Gasteiger partial charge in [-0.05, 0) is 49.2 Å². The largest absolute Gasteiger partial charge is 0.416 e. The number of fused-ring (bicyclic) bond motifs is 1. The van der Waals surface area contributed by atoms with Gasteiger partial charge in [-0.25, -0.2) is 19.9 Å². The molecule has 0 amide bonds. The molecular formula is C26H25F3N6OS. The number of alkyl halides is 3. The Morgan fingerprint density at radius 2 is 1.89 bits per heavy atom. The number of halogens is 3. The number of hydrogen-bond donors (Lipinski definition) is 2. The number of thiazole rings is 1. The quantitative estimate of drug-likeness (QED) is 0.352. The molecule has 1 fully saturated rings. The molecule has 1 atom stereocenters. The molecule has 5 rings (SSSR count). The van der Waals surface area contributed by atoms with Crippen LogP contribution in [0.1, 0.15) is 56.6 Å². The maximum absolute atomic E-state index is 12.9. The van der Waals surface area contributed by atoms with Crippen molar-refractivity contribution < 1.29 is 18.3 Å². The minimum absolute atomic E-state index is 0.0108. The summed E-state index contributed by atoms with van der Waals surface area (Å²) in [4.78, 5) is 17.7. The Morgan fingerprint density at radius 3 is 2.59 bits per heavy atom. The SMILES string of the molecule is CC1(C)CCC[C@@](O)(C#Cc2nc(N)c3ncn(Cc4csc(-c5ccc(C(F)(F)F)cc5)n4)c3n2)C1. The third kappa shape index (κ3) is 5.45. The third-order valence-corrected chi connectivity index (χ3v) is 7.40. The van der Waals surface area contributed by atoms with E-state index in [1.807, 2.05) is 5.38 Å². The van der Waals surface area contributed by atoms with Crippen molar-refractivity contribution in [2.24, 2.45) is 5.41 Å². The predicted octanol–water partition coefficient (Wildman–Crippen LogP) is 5.28. The number of nitrogen functional groups attached to an aromatic ring is 1. The fourth-order valence-electron chi connectivity index (χ4n) is 4.73. The number of imidazole rings is 1. The Bertz CT molecular complexity index is 1510. The van der Waals surface area contributed by atoms with E-state index >= 15 is 0 Å². The lowest BCUT2D eigenvalue weighted by atomic mass is 9.70. The summed E-state index contributed by atoms with van der Waals surface area (Å²) in [6.07, 6.45) is 0.323. The second-order valence-electron chi connectivity index (χ2n) is 10.2. The lowest BCUT2D eigenvalue weighted by molar-refractivity contribution is -0.137. The average Bonchev–Trinajstić information content (AvgIpc) is 3.45. The van der Waals surface area contributed by atoms with Crippen LogP contribution in [0.4, 0.5) is 19.0 Å². The Labute approximate surface area is 215 Å². The van der Waals surface area contributed by atoms with Crippen LogP contribution in [0, 0.1) is 17.3 Å². The lowest BCUT2D eigenvalue weighted by Crippen LogP contribution is -2.37. The topological polar surface area (TPSA) is 103 Å². The molecule has 7 nitrogen and oxygen atoms in total. The van der Waals surface area contributed by atoms with E-state index < -0.39 is 17.3 Å². The maximum Gasteiger partial charge on any atom is 0.416 e. The van der Waals surface area contributed by atoms with Crippen LogP contribution < -0.4 is 5.73 Å². The minimum atomic E-state index is -4.38. The Kier molecular flexibility index (Phi) is 6.20. The van der Waals surface area contributed by atoms with Crippen molar-refractivity contribution in [2.75, 3.05) is 5.73 Å². The zero-order valence-electron chi connectivity index (χ0n) is 20.3. The van der Waals surface area contributed by atoms with Gasteiger partial charge in [0.05, 0.1) is 24.1 Å². The van der Waals surface area contributed by atoms with Crippen molar-refractivity contribution in [3.05, 3.63) is 53.1 Å². The fraction of sp³-hybridized carbons (Fsp3) is 0.385. The van der Waals surface area contributed by atoms with Gasteiger partial charge in [-0.2, -0.15) is 13.2 Å². The van der Waals surface area contributed by atoms with Crippen LogP contribution in [0.2, 0.25) is 0 Å². The molecule has 1 saturated carbocycles. The van der Waals surface area contributed by atoms with Crippen molar-refractivity contribution in [2.45, 2.75) is 57.9 Å². The maximum atomic E-state index is 12.9. The van der Waals surface area contributed by atoms with E-state index in [0.717, 1.165) is 25.0 Å². The van der Waals surface area contributed by atoms with Crippen molar-refractivity contribution in [3.63, 3.8) is 0 Å². The molecule has 1 aliphatic carbocycles. The third-order valence-electron chi connectivity index (χ3n) is 6.46. The summed E-state index contributed by atoms with van der Waals surface area (Å²) in [6, 6.07) is 4.93. The summed E-state index contributed by atoms with van der Waals surface area (Å²) >= 11 is 1.34. The average molecular weight is 527 g/mol. The van der Waals surface area contributed by atoms with Crippen molar-refractivity contribution in [1.82, 2.24) is 24.5 Å². The van der Waals surface area contributed by atoms with Crippen molar-refractivity contribution >= 4 is 28.3 Å². The van der Waals surface area contributed by atoms with E-state index in [1.165, 1.54) is 23.5 Å². The number of nitrogens with two attached hydrogens (primary N) is 1. The monoisotopic (exact) mass is 526 g/mol. The first-order valence-corrected chi connectivity index (χ1v) is 12.6. The molecule has 0 saturated heterocycles. The predicted molar refractivity (Wildman–Crippen MR) is 135 cm³/mol. The molecule has 1 aliphatic rings. The van der Waals surface area contributed by atoms with Gasteiger partial charge in [0, 0.05) is 10.9 Å². The van der Waals surface area contributed by atoms with E-state index in [0.29, 0.717) is 46.8 Å². The Morgan fingerprint density at radius 1 is 1.14 bits per heavy atom. The summed E-state index contributed by atoms with van der Waals surface area (Å²) in [5, 5.41) is 13.4. The first-order chi connectivity index (χ1) is 17.4. The molecule has 11 heteroatoms. The normalized spacial score (nSPS) is 19.5. The molecule has 3 heterocycles. The van der Waals surface area contributed by atoms with Gasteiger partial charge in [0.15, 0.2) is 11.5 Å². The van der Waals surface area contributed by atoms with E-state index in [2.05, 4.69) is 45.6 Å². The highest BCUT2D eigenvalue weighted by atomic mass is 32.1.